The summed E-state index contributed by atoms with van der Waals surface area (Å²) in [6, 6.07) is 0. The number of allylic oxidation sites excluding steroid dienone is 1. The molecule has 18 heavy (non-hydrogen) atoms. The Kier molecular flexibility index (Phi) is 10.0. The van der Waals surface area contributed by atoms with Gasteiger partial charge in [-0.15, -0.1) is 0 Å². The first kappa shape index (κ1) is 17.4. The van der Waals surface area contributed by atoms with Crippen LogP contribution in [0.2, 0.25) is 19.6 Å². The van der Waals surface area contributed by atoms with Crippen molar-refractivity contribution in [2.45, 2.75) is 71.0 Å². The lowest BCUT2D eigenvalue weighted by Crippen LogP contribution is -2.15. The Labute approximate surface area is 114 Å². The van der Waals surface area contributed by atoms with Crippen molar-refractivity contribution in [3.05, 3.63) is 11.8 Å². The van der Waals surface area contributed by atoms with Crippen molar-refractivity contribution >= 4 is 14.0 Å². The van der Waals surface area contributed by atoms with Gasteiger partial charge in [0.15, 0.2) is 0 Å². The molecule has 0 aromatic heterocycles. The molecule has 2 nitrogen and oxygen atoms in total. The number of methoxy groups -OCH3 is 1. The maximum atomic E-state index is 10.9. The van der Waals surface area contributed by atoms with Gasteiger partial charge < -0.3 is 4.74 Å². The predicted octanol–water partition coefficient (Wildman–Crippen LogP) is 4.71. The van der Waals surface area contributed by atoms with Crippen molar-refractivity contribution in [1.82, 2.24) is 0 Å². The maximum absolute atomic E-state index is 10.9. The number of carbonyl (C=O) groups is 1. The Morgan fingerprint density at radius 3 is 2.11 bits per heavy atom. The van der Waals surface area contributed by atoms with Gasteiger partial charge in [0.1, 0.15) is 0 Å². The fraction of sp³-hybridized carbons (Fsp3) is 0.800. The topological polar surface area (TPSA) is 26.3 Å². The van der Waals surface area contributed by atoms with Crippen molar-refractivity contribution < 1.29 is 9.53 Å². The van der Waals surface area contributed by atoms with Gasteiger partial charge in [-0.3, -0.25) is 4.79 Å². The summed E-state index contributed by atoms with van der Waals surface area (Å²) < 4.78 is 4.61. The number of hydrogen-bond donors (Lipinski definition) is 0. The number of ether oxygens (including phenoxy) is 1. The molecule has 0 saturated heterocycles. The van der Waals surface area contributed by atoms with E-state index in [9.17, 15) is 4.79 Å². The minimum absolute atomic E-state index is 0.0773. The van der Waals surface area contributed by atoms with Gasteiger partial charge in [0.05, 0.1) is 15.2 Å². The summed E-state index contributed by atoms with van der Waals surface area (Å²) >= 11 is 0. The fourth-order valence-corrected chi connectivity index (χ4v) is 2.65. The summed E-state index contributed by atoms with van der Waals surface area (Å²) in [5, 5.41) is 0. The van der Waals surface area contributed by atoms with Crippen LogP contribution in [0.5, 0.6) is 0 Å². The first-order valence-corrected chi connectivity index (χ1v) is 10.8. The third kappa shape index (κ3) is 13.5. The second-order valence-corrected chi connectivity index (χ2v) is 11.1. The highest BCUT2D eigenvalue weighted by Gasteiger charge is 2.05. The summed E-state index contributed by atoms with van der Waals surface area (Å²) in [5.41, 5.74) is 2.43. The van der Waals surface area contributed by atoms with Crippen molar-refractivity contribution in [3.8, 4) is 0 Å². The Morgan fingerprint density at radius 2 is 1.56 bits per heavy atom. The summed E-state index contributed by atoms with van der Waals surface area (Å²) in [7, 11) is 0.473. The summed E-state index contributed by atoms with van der Waals surface area (Å²) in [6.07, 6.45) is 11.5. The predicted molar refractivity (Wildman–Crippen MR) is 81.4 cm³/mol. The smallest absolute Gasteiger partial charge is 0.305 e. The van der Waals surface area contributed by atoms with Crippen molar-refractivity contribution in [2.75, 3.05) is 7.11 Å². The third-order valence-corrected chi connectivity index (χ3v) is 4.08. The minimum Gasteiger partial charge on any atom is -0.469 e. The van der Waals surface area contributed by atoms with Gasteiger partial charge >= 0.3 is 5.97 Å². The molecule has 0 bridgehead atoms. The highest BCUT2D eigenvalue weighted by atomic mass is 28.3. The van der Waals surface area contributed by atoms with Gasteiger partial charge in [-0.1, -0.05) is 57.1 Å². The van der Waals surface area contributed by atoms with Gasteiger partial charge in [-0.05, 0) is 19.3 Å². The van der Waals surface area contributed by atoms with Crippen molar-refractivity contribution in [2.24, 2.45) is 0 Å². The van der Waals surface area contributed by atoms with Gasteiger partial charge in [0.2, 0.25) is 0 Å². The number of unbranched alkanes of at least 4 members (excludes halogenated alkanes) is 6. The van der Waals surface area contributed by atoms with Crippen LogP contribution in [0.1, 0.15) is 51.4 Å². The lowest BCUT2D eigenvalue weighted by atomic mass is 10.1. The molecule has 0 radical (unpaired) electrons. The quantitative estimate of drug-likeness (QED) is 0.326. The fourth-order valence-electron chi connectivity index (χ4n) is 1.78. The number of esters is 1. The van der Waals surface area contributed by atoms with E-state index in [4.69, 9.17) is 0 Å². The molecule has 0 heterocycles. The summed E-state index contributed by atoms with van der Waals surface area (Å²) in [6.45, 7) is 7.10. The zero-order valence-electron chi connectivity index (χ0n) is 12.6. The molecule has 0 fully saturated rings. The van der Waals surface area contributed by atoms with Gasteiger partial charge in [0.25, 0.3) is 0 Å². The molecule has 0 saturated carbocycles. The van der Waals surface area contributed by atoms with Crippen LogP contribution in [0.3, 0.4) is 0 Å². The lowest BCUT2D eigenvalue weighted by molar-refractivity contribution is -0.140. The molecule has 0 unspecified atom stereocenters. The zero-order valence-corrected chi connectivity index (χ0v) is 13.6. The van der Waals surface area contributed by atoms with Crippen LogP contribution in [0.15, 0.2) is 11.8 Å². The average Bonchev–Trinajstić information content (AvgIpc) is 2.29. The van der Waals surface area contributed by atoms with Crippen LogP contribution in [-0.4, -0.2) is 21.2 Å². The first-order chi connectivity index (χ1) is 8.45. The molecule has 0 aromatic carbocycles. The van der Waals surface area contributed by atoms with Crippen LogP contribution in [0.4, 0.5) is 0 Å². The molecule has 0 aliphatic rings. The number of rotatable bonds is 10. The monoisotopic (exact) mass is 270 g/mol. The Bertz CT molecular complexity index is 241. The Hall–Kier alpha value is -0.573. The average molecular weight is 270 g/mol. The maximum Gasteiger partial charge on any atom is 0.305 e. The van der Waals surface area contributed by atoms with E-state index in [-0.39, 0.29) is 5.97 Å². The second-order valence-electron chi connectivity index (χ2n) is 6.00. The zero-order chi connectivity index (χ0) is 13.9. The highest BCUT2D eigenvalue weighted by Crippen LogP contribution is 2.10. The van der Waals surface area contributed by atoms with Crippen LogP contribution in [-0.2, 0) is 9.53 Å². The molecular formula is C15H30O2Si. The molecule has 106 valence electrons. The summed E-state index contributed by atoms with van der Waals surface area (Å²) in [5.74, 6) is -0.0773. The molecule has 3 heteroatoms. The van der Waals surface area contributed by atoms with Gasteiger partial charge in [-0.25, -0.2) is 0 Å². The van der Waals surface area contributed by atoms with E-state index in [1.807, 2.05) is 0 Å². The van der Waals surface area contributed by atoms with Crippen LogP contribution >= 0.6 is 0 Å². The molecule has 0 aliphatic carbocycles. The van der Waals surface area contributed by atoms with E-state index in [1.165, 1.54) is 39.2 Å². The molecule has 0 spiro atoms. The van der Waals surface area contributed by atoms with Gasteiger partial charge in [0, 0.05) is 6.42 Å². The van der Waals surface area contributed by atoms with E-state index in [0.717, 1.165) is 12.8 Å². The summed E-state index contributed by atoms with van der Waals surface area (Å²) in [4.78, 5) is 10.9. The molecule has 0 amide bonds. The third-order valence-electron chi connectivity index (χ3n) is 2.85. The highest BCUT2D eigenvalue weighted by molar-refractivity contribution is 6.80. The Morgan fingerprint density at radius 1 is 1.00 bits per heavy atom. The Balaban J connectivity index is 3.22. The van der Waals surface area contributed by atoms with Crippen LogP contribution < -0.4 is 0 Å². The first-order valence-electron chi connectivity index (χ1n) is 7.20. The van der Waals surface area contributed by atoms with Crippen LogP contribution in [0.25, 0.3) is 0 Å². The molecule has 0 rings (SSSR count). The lowest BCUT2D eigenvalue weighted by Gasteiger charge is -2.07. The number of hydrogen-bond acceptors (Lipinski definition) is 2. The SMILES string of the molecule is COC(=O)CCCCCCCC/C=C/[Si](C)(C)C. The van der Waals surface area contributed by atoms with E-state index in [1.54, 1.807) is 0 Å². The number of carbonyl (C=O) groups excluding carboxylic acids is 1. The molecule has 0 atom stereocenters. The van der Waals surface area contributed by atoms with Crippen LogP contribution in [0, 0.1) is 0 Å². The van der Waals surface area contributed by atoms with E-state index in [2.05, 4.69) is 36.2 Å². The van der Waals surface area contributed by atoms with E-state index < -0.39 is 8.07 Å². The van der Waals surface area contributed by atoms with Gasteiger partial charge in [-0.2, -0.15) is 0 Å². The molecule has 0 aromatic rings. The largest absolute Gasteiger partial charge is 0.469 e. The molecule has 0 N–H and O–H groups in total. The van der Waals surface area contributed by atoms with Crippen molar-refractivity contribution in [1.29, 1.82) is 0 Å². The second kappa shape index (κ2) is 10.4. The van der Waals surface area contributed by atoms with E-state index in [0.29, 0.717) is 6.42 Å². The molecule has 0 aliphatic heterocycles. The van der Waals surface area contributed by atoms with E-state index >= 15 is 0 Å². The normalized spacial score (nSPS) is 12.0. The minimum atomic E-state index is -0.982. The molecular weight excluding hydrogens is 240 g/mol. The standard InChI is InChI=1S/C15H30O2Si/c1-17-15(16)13-11-9-7-5-6-8-10-12-14-18(2,3)4/h12,14H,5-11,13H2,1-4H3/b14-12+. The van der Waals surface area contributed by atoms with Crippen molar-refractivity contribution in [3.63, 3.8) is 0 Å².